The molecule has 1 atom stereocenters. The number of aromatic nitrogens is 2. The first-order valence-electron chi connectivity index (χ1n) is 9.31. The molecule has 1 saturated heterocycles. The van der Waals surface area contributed by atoms with Gasteiger partial charge in [0.15, 0.2) is 12.5 Å². The highest BCUT2D eigenvalue weighted by Crippen LogP contribution is 2.30. The van der Waals surface area contributed by atoms with E-state index < -0.39 is 11.6 Å². The Balaban J connectivity index is 1.51. The number of hydrogen-bond donors (Lipinski definition) is 0. The predicted molar refractivity (Wildman–Crippen MR) is 99.5 cm³/mol. The largest absolute Gasteiger partial charge is 0.493 e. The van der Waals surface area contributed by atoms with Gasteiger partial charge in [-0.05, 0) is 55.2 Å². The number of halogens is 2. The number of carbonyl (C=O) groups excluding carboxylic acids is 1. The van der Waals surface area contributed by atoms with E-state index >= 15 is 0 Å². The Hall–Kier alpha value is -2.80. The Labute approximate surface area is 160 Å². The van der Waals surface area contributed by atoms with E-state index in [1.54, 1.807) is 16.8 Å². The number of benzene rings is 2. The Morgan fingerprint density at radius 2 is 2.00 bits per heavy atom. The van der Waals surface area contributed by atoms with E-state index in [0.717, 1.165) is 37.1 Å². The van der Waals surface area contributed by atoms with Crippen LogP contribution in [0.1, 0.15) is 41.5 Å². The zero-order chi connectivity index (χ0) is 19.5. The van der Waals surface area contributed by atoms with Crippen LogP contribution in [-0.2, 0) is 11.2 Å². The normalized spacial score (nSPS) is 17.0. The smallest absolute Gasteiger partial charge is 0.170 e. The van der Waals surface area contributed by atoms with Gasteiger partial charge in [0.2, 0.25) is 0 Å². The molecule has 0 spiro atoms. The number of aldehydes is 1. The maximum absolute atomic E-state index is 13.3. The van der Waals surface area contributed by atoms with Crippen molar-refractivity contribution in [1.82, 2.24) is 9.78 Å². The molecule has 28 heavy (non-hydrogen) atoms. The Morgan fingerprint density at radius 1 is 1.18 bits per heavy atom. The summed E-state index contributed by atoms with van der Waals surface area (Å²) in [7, 11) is 0. The van der Waals surface area contributed by atoms with Crippen molar-refractivity contribution in [3.63, 3.8) is 0 Å². The van der Waals surface area contributed by atoms with Crippen LogP contribution in [0.15, 0.2) is 36.4 Å². The first kappa shape index (κ1) is 18.6. The van der Waals surface area contributed by atoms with Gasteiger partial charge in [0.25, 0.3) is 0 Å². The van der Waals surface area contributed by atoms with Gasteiger partial charge >= 0.3 is 0 Å². The SMILES string of the molecule is O=Cc1nn(C2CCCCO2)c2ccc(OCCc3cc(F)cc(F)c3)cc12. The van der Waals surface area contributed by atoms with E-state index in [-0.39, 0.29) is 12.8 Å². The van der Waals surface area contributed by atoms with Crippen molar-refractivity contribution in [2.75, 3.05) is 13.2 Å². The molecule has 1 aromatic heterocycles. The molecular weight excluding hydrogens is 366 g/mol. The van der Waals surface area contributed by atoms with E-state index in [0.29, 0.717) is 35.4 Å². The van der Waals surface area contributed by atoms with Crippen molar-refractivity contribution in [3.8, 4) is 5.75 Å². The van der Waals surface area contributed by atoms with E-state index in [1.807, 2.05) is 6.07 Å². The van der Waals surface area contributed by atoms with Gasteiger partial charge in [0.05, 0.1) is 12.1 Å². The molecule has 0 bridgehead atoms. The predicted octanol–water partition coefficient (Wildman–Crippen LogP) is 4.45. The van der Waals surface area contributed by atoms with Crippen LogP contribution in [0.4, 0.5) is 8.78 Å². The molecule has 0 saturated carbocycles. The minimum Gasteiger partial charge on any atom is -0.493 e. The van der Waals surface area contributed by atoms with Gasteiger partial charge in [-0.15, -0.1) is 0 Å². The van der Waals surface area contributed by atoms with Crippen molar-refractivity contribution < 1.29 is 23.0 Å². The van der Waals surface area contributed by atoms with Crippen molar-refractivity contribution in [2.24, 2.45) is 0 Å². The summed E-state index contributed by atoms with van der Waals surface area (Å²) >= 11 is 0. The average Bonchev–Trinajstić information content (AvgIpc) is 3.06. The lowest BCUT2D eigenvalue weighted by molar-refractivity contribution is -0.0367. The standard InChI is InChI=1S/C21H20F2N2O3/c22-15-9-14(10-16(23)11-15)6-8-27-17-4-5-20-18(12-17)19(13-26)24-25(20)21-3-1-2-7-28-21/h4-5,9-13,21H,1-3,6-8H2. The number of nitrogens with zero attached hydrogens (tertiary/aromatic N) is 2. The van der Waals surface area contributed by atoms with E-state index in [4.69, 9.17) is 9.47 Å². The van der Waals surface area contributed by atoms with Crippen LogP contribution in [-0.4, -0.2) is 29.3 Å². The quantitative estimate of drug-likeness (QED) is 0.588. The third-order valence-corrected chi connectivity index (χ3v) is 4.83. The molecule has 0 aliphatic carbocycles. The average molecular weight is 386 g/mol. The summed E-state index contributed by atoms with van der Waals surface area (Å²) in [6.07, 6.45) is 3.87. The molecule has 3 aromatic rings. The Bertz CT molecular complexity index is 976. The Kier molecular flexibility index (Phi) is 5.34. The van der Waals surface area contributed by atoms with Gasteiger partial charge in [-0.25, -0.2) is 13.5 Å². The Morgan fingerprint density at radius 3 is 2.71 bits per heavy atom. The third kappa shape index (κ3) is 3.89. The number of hydrogen-bond acceptors (Lipinski definition) is 4. The lowest BCUT2D eigenvalue weighted by atomic mass is 10.1. The summed E-state index contributed by atoms with van der Waals surface area (Å²) in [5, 5.41) is 5.10. The fourth-order valence-corrected chi connectivity index (χ4v) is 3.50. The van der Waals surface area contributed by atoms with Gasteiger partial charge in [0, 0.05) is 24.5 Å². The van der Waals surface area contributed by atoms with E-state index in [1.165, 1.54) is 12.1 Å². The van der Waals surface area contributed by atoms with Gasteiger partial charge < -0.3 is 9.47 Å². The molecular formula is C21H20F2N2O3. The molecule has 5 nitrogen and oxygen atoms in total. The molecule has 0 amide bonds. The summed E-state index contributed by atoms with van der Waals surface area (Å²) in [5.74, 6) is -0.648. The van der Waals surface area contributed by atoms with Gasteiger partial charge in [-0.3, -0.25) is 4.79 Å². The lowest BCUT2D eigenvalue weighted by Gasteiger charge is -2.23. The summed E-state index contributed by atoms with van der Waals surface area (Å²) in [6, 6.07) is 8.82. The van der Waals surface area contributed by atoms with Crippen molar-refractivity contribution in [1.29, 1.82) is 0 Å². The highest BCUT2D eigenvalue weighted by molar-refractivity contribution is 5.95. The summed E-state index contributed by atoms with van der Waals surface area (Å²) in [5.41, 5.74) is 1.67. The van der Waals surface area contributed by atoms with Gasteiger partial charge in [-0.1, -0.05) is 0 Å². The van der Waals surface area contributed by atoms with Gasteiger partial charge in [-0.2, -0.15) is 5.10 Å². The molecule has 1 fully saturated rings. The molecule has 2 aromatic carbocycles. The fraction of sp³-hybridized carbons (Fsp3) is 0.333. The molecule has 1 aliphatic heterocycles. The zero-order valence-electron chi connectivity index (χ0n) is 15.2. The molecule has 0 radical (unpaired) electrons. The number of ether oxygens (including phenoxy) is 2. The molecule has 7 heteroatoms. The van der Waals surface area contributed by atoms with E-state index in [2.05, 4.69) is 5.10 Å². The van der Waals surface area contributed by atoms with Crippen LogP contribution in [0.2, 0.25) is 0 Å². The maximum Gasteiger partial charge on any atom is 0.170 e. The number of fused-ring (bicyclic) bond motifs is 1. The highest BCUT2D eigenvalue weighted by atomic mass is 19.1. The molecule has 146 valence electrons. The summed E-state index contributed by atoms with van der Waals surface area (Å²) in [4.78, 5) is 11.5. The van der Waals surface area contributed by atoms with Crippen LogP contribution >= 0.6 is 0 Å². The second-order valence-corrected chi connectivity index (χ2v) is 6.82. The zero-order valence-corrected chi connectivity index (χ0v) is 15.2. The van der Waals surface area contributed by atoms with Crippen LogP contribution in [0.25, 0.3) is 10.9 Å². The second kappa shape index (κ2) is 8.06. The fourth-order valence-electron chi connectivity index (χ4n) is 3.50. The van der Waals surface area contributed by atoms with Crippen LogP contribution in [0.3, 0.4) is 0 Å². The van der Waals surface area contributed by atoms with Crippen LogP contribution in [0.5, 0.6) is 5.75 Å². The van der Waals surface area contributed by atoms with Crippen molar-refractivity contribution >= 4 is 17.2 Å². The second-order valence-electron chi connectivity index (χ2n) is 6.82. The van der Waals surface area contributed by atoms with Crippen molar-refractivity contribution in [2.45, 2.75) is 31.9 Å². The third-order valence-electron chi connectivity index (χ3n) is 4.83. The number of carbonyl (C=O) groups is 1. The summed E-state index contributed by atoms with van der Waals surface area (Å²) < 4.78 is 39.8. The number of rotatable bonds is 6. The maximum atomic E-state index is 13.3. The summed E-state index contributed by atoms with van der Waals surface area (Å²) in [6.45, 7) is 0.939. The molecule has 1 unspecified atom stereocenters. The van der Waals surface area contributed by atoms with Crippen molar-refractivity contribution in [3.05, 3.63) is 59.3 Å². The van der Waals surface area contributed by atoms with Gasteiger partial charge in [0.1, 0.15) is 23.1 Å². The van der Waals surface area contributed by atoms with Crippen LogP contribution < -0.4 is 4.74 Å². The van der Waals surface area contributed by atoms with E-state index in [9.17, 15) is 13.6 Å². The van der Waals surface area contributed by atoms with Crippen LogP contribution in [0, 0.1) is 11.6 Å². The molecule has 1 aliphatic rings. The minimum absolute atomic E-state index is 0.167. The molecule has 4 rings (SSSR count). The highest BCUT2D eigenvalue weighted by Gasteiger charge is 2.21. The molecule has 0 N–H and O–H groups in total. The minimum atomic E-state index is -0.607. The molecule has 2 heterocycles. The monoisotopic (exact) mass is 386 g/mol. The first-order chi connectivity index (χ1) is 13.6. The lowest BCUT2D eigenvalue weighted by Crippen LogP contribution is -2.19. The topological polar surface area (TPSA) is 53.4 Å². The first-order valence-corrected chi connectivity index (χ1v) is 9.31.